The maximum absolute atomic E-state index is 13.5. The third-order valence-electron chi connectivity index (χ3n) is 2.39. The van der Waals surface area contributed by atoms with Crippen LogP contribution in [0.25, 0.3) is 0 Å². The highest BCUT2D eigenvalue weighted by molar-refractivity contribution is 8.11. The molecule has 1 aromatic rings. The predicted octanol–water partition coefficient (Wildman–Crippen LogP) is 2.89. The second-order valence-electron chi connectivity index (χ2n) is 4.02. The first-order valence-corrected chi connectivity index (χ1v) is 8.12. The monoisotopic (exact) mass is 447 g/mol. The van der Waals surface area contributed by atoms with Gasteiger partial charge >= 0.3 is 31.1 Å². The zero-order valence-electron chi connectivity index (χ0n) is 11.1. The molecule has 0 radical (unpaired) electrons. The van der Waals surface area contributed by atoms with Gasteiger partial charge in [0.25, 0.3) is 0 Å². The van der Waals surface area contributed by atoms with Crippen LogP contribution in [0, 0.1) is 29.1 Å². The topological polar surface area (TPSA) is 71.5 Å². The highest BCUT2D eigenvalue weighted by Gasteiger charge is 2.63. The summed E-state index contributed by atoms with van der Waals surface area (Å²) in [5, 5.41) is 0. The SMILES string of the molecule is O=S(=O)(N(c1c(F)c(F)c(F)c(F)c1F)S(=O)(=O)C(F)(F)F)C(F)(F)F. The standard InChI is InChI=1S/C8F11NO4S2/c9-1-2(10)4(12)6(5(13)3(1)11)20(25(21,22)7(14,15)16)26(23,24)8(17,18)19. The highest BCUT2D eigenvalue weighted by atomic mass is 32.3. The van der Waals surface area contributed by atoms with Crippen LogP contribution in [0.4, 0.5) is 54.0 Å². The summed E-state index contributed by atoms with van der Waals surface area (Å²) < 4.78 is 182. The van der Waals surface area contributed by atoms with Crippen LogP contribution >= 0.6 is 0 Å². The van der Waals surface area contributed by atoms with Gasteiger partial charge in [-0.05, 0) is 0 Å². The molecule has 0 aliphatic carbocycles. The Hall–Kier alpha value is -1.85. The molecule has 5 nitrogen and oxygen atoms in total. The molecular weight excluding hydrogens is 447 g/mol. The molecule has 0 N–H and O–H groups in total. The average molecular weight is 447 g/mol. The third-order valence-corrected chi connectivity index (χ3v) is 5.98. The van der Waals surface area contributed by atoms with Crippen LogP contribution in [0.15, 0.2) is 0 Å². The molecule has 0 unspecified atom stereocenters. The van der Waals surface area contributed by atoms with E-state index in [9.17, 15) is 65.1 Å². The van der Waals surface area contributed by atoms with Crippen LogP contribution in [-0.4, -0.2) is 27.9 Å². The molecule has 0 aliphatic rings. The minimum absolute atomic E-state index is 2.95. The number of halogens is 11. The Kier molecular flexibility index (Phi) is 5.21. The van der Waals surface area contributed by atoms with Crippen molar-refractivity contribution in [3.63, 3.8) is 0 Å². The van der Waals surface area contributed by atoms with E-state index >= 15 is 0 Å². The molecule has 0 aromatic heterocycles. The lowest BCUT2D eigenvalue weighted by Crippen LogP contribution is -2.50. The number of nitrogens with zero attached hydrogens (tertiary/aromatic N) is 1. The van der Waals surface area contributed by atoms with Crippen LogP contribution in [-0.2, 0) is 20.0 Å². The van der Waals surface area contributed by atoms with Crippen molar-refractivity contribution in [2.75, 3.05) is 3.71 Å². The van der Waals surface area contributed by atoms with Crippen molar-refractivity contribution in [3.05, 3.63) is 29.1 Å². The quantitative estimate of drug-likeness (QED) is 0.406. The van der Waals surface area contributed by atoms with Crippen molar-refractivity contribution in [2.45, 2.75) is 11.0 Å². The third kappa shape index (κ3) is 3.14. The lowest BCUT2D eigenvalue weighted by Gasteiger charge is -2.26. The number of hydrogen-bond donors (Lipinski definition) is 0. The van der Waals surface area contributed by atoms with E-state index in [1.807, 2.05) is 0 Å². The summed E-state index contributed by atoms with van der Waals surface area (Å²) in [6.07, 6.45) is 0. The molecule has 0 amide bonds. The predicted molar refractivity (Wildman–Crippen MR) is 58.7 cm³/mol. The Balaban J connectivity index is 4.19. The van der Waals surface area contributed by atoms with Crippen molar-refractivity contribution in [1.82, 2.24) is 0 Å². The Morgan fingerprint density at radius 1 is 0.538 bits per heavy atom. The first kappa shape index (κ1) is 22.2. The fourth-order valence-electron chi connectivity index (χ4n) is 1.31. The van der Waals surface area contributed by atoms with Crippen molar-refractivity contribution in [3.8, 4) is 0 Å². The summed E-state index contributed by atoms with van der Waals surface area (Å²) in [7, 11) is -15.7. The normalized spacial score (nSPS) is 13.8. The first-order chi connectivity index (χ1) is 11.3. The molecule has 1 rings (SSSR count). The summed E-state index contributed by atoms with van der Waals surface area (Å²) in [6.45, 7) is 0. The number of benzene rings is 1. The van der Waals surface area contributed by atoms with Gasteiger partial charge in [-0.15, -0.1) is 3.71 Å². The van der Waals surface area contributed by atoms with Gasteiger partial charge in [-0.3, -0.25) is 0 Å². The summed E-state index contributed by atoms with van der Waals surface area (Å²) in [5.41, 5.74) is -17.4. The van der Waals surface area contributed by atoms with E-state index in [1.54, 1.807) is 0 Å². The van der Waals surface area contributed by atoms with Crippen LogP contribution in [0.3, 0.4) is 0 Å². The Bertz CT molecular complexity index is 875. The Morgan fingerprint density at radius 3 is 1.00 bits per heavy atom. The molecular formula is C8F11NO4S2. The second kappa shape index (κ2) is 6.10. The van der Waals surface area contributed by atoms with E-state index in [-0.39, 0.29) is 0 Å². The van der Waals surface area contributed by atoms with Gasteiger partial charge in [-0.1, -0.05) is 0 Å². The summed E-state index contributed by atoms with van der Waals surface area (Å²) in [6, 6.07) is 0. The van der Waals surface area contributed by atoms with Gasteiger partial charge in [-0.25, -0.2) is 22.0 Å². The van der Waals surface area contributed by atoms with E-state index in [1.165, 1.54) is 0 Å². The van der Waals surface area contributed by atoms with Crippen LogP contribution in [0.1, 0.15) is 0 Å². The molecule has 18 heteroatoms. The fraction of sp³-hybridized carbons (Fsp3) is 0.250. The zero-order chi connectivity index (χ0) is 21.0. The van der Waals surface area contributed by atoms with Crippen molar-refractivity contribution < 1.29 is 65.1 Å². The van der Waals surface area contributed by atoms with Gasteiger partial charge in [0.1, 0.15) is 5.69 Å². The van der Waals surface area contributed by atoms with Gasteiger partial charge < -0.3 is 0 Å². The molecule has 0 heterocycles. The minimum Gasteiger partial charge on any atom is -0.201 e. The number of anilines is 1. The van der Waals surface area contributed by atoms with E-state index in [2.05, 4.69) is 0 Å². The van der Waals surface area contributed by atoms with Gasteiger partial charge in [-0.2, -0.15) is 43.2 Å². The Morgan fingerprint density at radius 2 is 0.769 bits per heavy atom. The van der Waals surface area contributed by atoms with Crippen LogP contribution < -0.4 is 3.71 Å². The molecule has 150 valence electrons. The lowest BCUT2D eigenvalue weighted by molar-refractivity contribution is -0.0462. The summed E-state index contributed by atoms with van der Waals surface area (Å²) in [4.78, 5) is 0. The first-order valence-electron chi connectivity index (χ1n) is 5.24. The summed E-state index contributed by atoms with van der Waals surface area (Å²) >= 11 is 0. The molecule has 1 aromatic carbocycles. The molecule has 0 aliphatic heterocycles. The summed E-state index contributed by atoms with van der Waals surface area (Å²) in [5.74, 6) is -16.6. The molecule has 0 saturated heterocycles. The lowest BCUT2D eigenvalue weighted by atomic mass is 10.2. The number of alkyl halides is 6. The molecule has 0 atom stereocenters. The van der Waals surface area contributed by atoms with Crippen molar-refractivity contribution in [2.24, 2.45) is 0 Å². The number of rotatable bonds is 3. The number of sulfonamides is 2. The van der Waals surface area contributed by atoms with E-state index in [0.29, 0.717) is 0 Å². The van der Waals surface area contributed by atoms with E-state index in [0.717, 1.165) is 0 Å². The smallest absolute Gasteiger partial charge is 0.201 e. The molecule has 0 saturated carbocycles. The number of hydrogen-bond acceptors (Lipinski definition) is 4. The molecule has 26 heavy (non-hydrogen) atoms. The maximum atomic E-state index is 13.5. The van der Waals surface area contributed by atoms with Crippen molar-refractivity contribution >= 4 is 25.7 Å². The Labute approximate surface area is 135 Å². The minimum atomic E-state index is -7.83. The van der Waals surface area contributed by atoms with Gasteiger partial charge in [0.2, 0.25) is 5.82 Å². The van der Waals surface area contributed by atoms with E-state index in [4.69, 9.17) is 0 Å². The largest absolute Gasteiger partial charge is 0.517 e. The highest BCUT2D eigenvalue weighted by Crippen LogP contribution is 2.42. The zero-order valence-corrected chi connectivity index (χ0v) is 12.7. The molecule has 0 fully saturated rings. The van der Waals surface area contributed by atoms with Crippen LogP contribution in [0.5, 0.6) is 0 Å². The average Bonchev–Trinajstić information content (AvgIpc) is 2.44. The van der Waals surface area contributed by atoms with Crippen molar-refractivity contribution in [1.29, 1.82) is 0 Å². The molecule has 0 bridgehead atoms. The van der Waals surface area contributed by atoms with Gasteiger partial charge in [0.05, 0.1) is 0 Å². The van der Waals surface area contributed by atoms with E-state index < -0.39 is 69.5 Å². The van der Waals surface area contributed by atoms with Gasteiger partial charge in [0.15, 0.2) is 23.3 Å². The van der Waals surface area contributed by atoms with Crippen LogP contribution in [0.2, 0.25) is 0 Å². The van der Waals surface area contributed by atoms with Gasteiger partial charge in [0, 0.05) is 0 Å². The molecule has 0 spiro atoms. The maximum Gasteiger partial charge on any atom is 0.517 e. The second-order valence-corrected chi connectivity index (χ2v) is 7.80. The fourth-order valence-corrected chi connectivity index (χ4v) is 4.03.